The maximum absolute atomic E-state index is 12.8. The highest BCUT2D eigenvalue weighted by Gasteiger charge is 2.23. The number of hydrogen-bond donors (Lipinski definition) is 0. The Hall–Kier alpha value is -2.68. The minimum Gasteiger partial charge on any atom is -0.465 e. The molecule has 0 saturated heterocycles. The summed E-state index contributed by atoms with van der Waals surface area (Å²) in [6, 6.07) is 11.2. The quantitative estimate of drug-likeness (QED) is 0.612. The van der Waals surface area contributed by atoms with Gasteiger partial charge in [0, 0.05) is 11.1 Å². The van der Waals surface area contributed by atoms with Crippen molar-refractivity contribution in [2.45, 2.75) is 26.7 Å². The molecule has 0 spiro atoms. The van der Waals surface area contributed by atoms with Gasteiger partial charge in [-0.3, -0.25) is 4.79 Å². The summed E-state index contributed by atoms with van der Waals surface area (Å²) in [5.74, 6) is -0.247. The lowest BCUT2D eigenvalue weighted by Gasteiger charge is -2.20. The number of rotatable bonds is 2. The molecular formula is C21H20O3. The van der Waals surface area contributed by atoms with Gasteiger partial charge in [0.15, 0.2) is 5.78 Å². The molecule has 0 N–H and O–H groups in total. The zero-order valence-electron chi connectivity index (χ0n) is 14.2. The summed E-state index contributed by atoms with van der Waals surface area (Å²) in [5, 5.41) is 0. The van der Waals surface area contributed by atoms with Gasteiger partial charge in [-0.1, -0.05) is 23.8 Å². The lowest BCUT2D eigenvalue weighted by molar-refractivity contribution is 0.0600. The third-order valence-corrected chi connectivity index (χ3v) is 4.47. The zero-order chi connectivity index (χ0) is 17.3. The Morgan fingerprint density at radius 3 is 2.46 bits per heavy atom. The van der Waals surface area contributed by atoms with Gasteiger partial charge in [0.2, 0.25) is 0 Å². The molecule has 0 unspecified atom stereocenters. The highest BCUT2D eigenvalue weighted by atomic mass is 16.5. The maximum atomic E-state index is 12.8. The van der Waals surface area contributed by atoms with Gasteiger partial charge >= 0.3 is 5.97 Å². The van der Waals surface area contributed by atoms with Crippen LogP contribution in [0.25, 0.3) is 6.08 Å². The largest absolute Gasteiger partial charge is 0.465 e. The van der Waals surface area contributed by atoms with Crippen LogP contribution in [0.1, 0.15) is 49.4 Å². The highest BCUT2D eigenvalue weighted by molar-refractivity contribution is 6.13. The number of ketones is 1. The fraction of sp³-hybridized carbons (Fsp3) is 0.238. The number of carbonyl (C=O) groups excluding carboxylic acids is 2. The fourth-order valence-electron chi connectivity index (χ4n) is 3.25. The van der Waals surface area contributed by atoms with Gasteiger partial charge in [0.25, 0.3) is 0 Å². The maximum Gasteiger partial charge on any atom is 0.337 e. The van der Waals surface area contributed by atoms with Crippen molar-refractivity contribution in [1.82, 2.24) is 0 Å². The Labute approximate surface area is 142 Å². The number of Topliss-reactive ketones (excluding diaryl/α,β-unsaturated/α-hetero) is 1. The molecule has 1 aliphatic carbocycles. The monoisotopic (exact) mass is 320 g/mol. The van der Waals surface area contributed by atoms with Gasteiger partial charge < -0.3 is 4.74 Å². The number of aryl methyl sites for hydroxylation is 2. The van der Waals surface area contributed by atoms with E-state index in [4.69, 9.17) is 4.74 Å². The molecule has 0 fully saturated rings. The molecule has 2 aromatic rings. The predicted molar refractivity (Wildman–Crippen MR) is 94.3 cm³/mol. The van der Waals surface area contributed by atoms with Crippen LogP contribution in [-0.4, -0.2) is 18.9 Å². The number of ether oxygens (including phenoxy) is 1. The van der Waals surface area contributed by atoms with E-state index in [2.05, 4.69) is 13.0 Å². The van der Waals surface area contributed by atoms with Gasteiger partial charge in [-0.05, 0) is 67.7 Å². The standard InChI is InChI=1S/C21H20O3/c1-13-10-14(2)18-9-8-17(20(22)19(18)11-13)12-15-4-6-16(7-5-15)21(23)24-3/h4-7,10-12H,8-9H2,1-3H3. The Morgan fingerprint density at radius 1 is 1.08 bits per heavy atom. The van der Waals surface area contributed by atoms with Crippen LogP contribution < -0.4 is 0 Å². The van der Waals surface area contributed by atoms with Crippen LogP contribution >= 0.6 is 0 Å². The van der Waals surface area contributed by atoms with E-state index in [1.165, 1.54) is 18.2 Å². The summed E-state index contributed by atoms with van der Waals surface area (Å²) in [6.07, 6.45) is 3.55. The average Bonchev–Trinajstić information content (AvgIpc) is 2.57. The van der Waals surface area contributed by atoms with Gasteiger partial charge in [0.05, 0.1) is 12.7 Å². The summed E-state index contributed by atoms with van der Waals surface area (Å²) in [6.45, 7) is 4.09. The highest BCUT2D eigenvalue weighted by Crippen LogP contribution is 2.29. The molecule has 0 heterocycles. The number of carbonyl (C=O) groups is 2. The van der Waals surface area contributed by atoms with Crippen molar-refractivity contribution in [3.63, 3.8) is 0 Å². The van der Waals surface area contributed by atoms with Crippen LogP contribution in [-0.2, 0) is 11.2 Å². The van der Waals surface area contributed by atoms with Crippen molar-refractivity contribution in [3.05, 3.63) is 75.4 Å². The number of allylic oxidation sites excluding steroid dienone is 1. The van der Waals surface area contributed by atoms with Crippen LogP contribution in [0.2, 0.25) is 0 Å². The van der Waals surface area contributed by atoms with Crippen molar-refractivity contribution in [2.75, 3.05) is 7.11 Å². The second-order valence-electron chi connectivity index (χ2n) is 6.22. The number of methoxy groups -OCH3 is 1. The Kier molecular flexibility index (Phi) is 4.34. The van der Waals surface area contributed by atoms with E-state index in [9.17, 15) is 9.59 Å². The van der Waals surface area contributed by atoms with Crippen molar-refractivity contribution in [2.24, 2.45) is 0 Å². The van der Waals surface area contributed by atoms with E-state index in [0.29, 0.717) is 5.56 Å². The van der Waals surface area contributed by atoms with Gasteiger partial charge in [-0.2, -0.15) is 0 Å². The molecule has 122 valence electrons. The molecule has 1 aliphatic rings. The number of esters is 1. The van der Waals surface area contributed by atoms with Gasteiger partial charge in [-0.25, -0.2) is 4.79 Å². The first-order valence-electron chi connectivity index (χ1n) is 8.03. The molecule has 3 heteroatoms. The minimum atomic E-state index is -0.358. The first kappa shape index (κ1) is 16.2. The summed E-state index contributed by atoms with van der Waals surface area (Å²) in [5.41, 5.74) is 6.55. The molecule has 0 radical (unpaired) electrons. The van der Waals surface area contributed by atoms with Crippen LogP contribution in [0.3, 0.4) is 0 Å². The topological polar surface area (TPSA) is 43.4 Å². The molecule has 0 atom stereocenters. The van der Waals surface area contributed by atoms with Crippen molar-refractivity contribution >= 4 is 17.8 Å². The zero-order valence-corrected chi connectivity index (χ0v) is 14.2. The molecular weight excluding hydrogens is 300 g/mol. The van der Waals surface area contributed by atoms with Crippen LogP contribution in [0.15, 0.2) is 42.0 Å². The average molecular weight is 320 g/mol. The van der Waals surface area contributed by atoms with E-state index in [1.807, 2.05) is 31.2 Å². The first-order valence-corrected chi connectivity index (χ1v) is 8.03. The summed E-state index contributed by atoms with van der Waals surface area (Å²) < 4.78 is 4.70. The van der Waals surface area contributed by atoms with Gasteiger partial charge in [0.1, 0.15) is 0 Å². The van der Waals surface area contributed by atoms with Crippen LogP contribution in [0, 0.1) is 13.8 Å². The molecule has 0 bridgehead atoms. The molecule has 0 saturated carbocycles. The Balaban J connectivity index is 1.92. The van der Waals surface area contributed by atoms with E-state index in [0.717, 1.165) is 35.1 Å². The molecule has 0 aliphatic heterocycles. The fourth-order valence-corrected chi connectivity index (χ4v) is 3.25. The van der Waals surface area contributed by atoms with Crippen molar-refractivity contribution in [1.29, 1.82) is 0 Å². The second kappa shape index (κ2) is 6.44. The molecule has 0 amide bonds. The normalized spacial score (nSPS) is 15.3. The van der Waals surface area contributed by atoms with Crippen molar-refractivity contribution < 1.29 is 14.3 Å². The molecule has 2 aromatic carbocycles. The summed E-state index contributed by atoms with van der Waals surface area (Å²) >= 11 is 0. The third-order valence-electron chi connectivity index (χ3n) is 4.47. The predicted octanol–water partition coefficient (Wildman–Crippen LogP) is 4.30. The number of fused-ring (bicyclic) bond motifs is 1. The van der Waals surface area contributed by atoms with Crippen molar-refractivity contribution in [3.8, 4) is 0 Å². The van der Waals surface area contributed by atoms with E-state index >= 15 is 0 Å². The smallest absolute Gasteiger partial charge is 0.337 e. The SMILES string of the molecule is COC(=O)c1ccc(C=C2CCc3c(C)cc(C)cc3C2=O)cc1. The first-order chi connectivity index (χ1) is 11.5. The Bertz CT molecular complexity index is 842. The van der Waals surface area contributed by atoms with E-state index in [1.54, 1.807) is 12.1 Å². The third kappa shape index (κ3) is 3.02. The lowest BCUT2D eigenvalue weighted by Crippen LogP contribution is -2.15. The summed E-state index contributed by atoms with van der Waals surface area (Å²) in [7, 11) is 1.36. The summed E-state index contributed by atoms with van der Waals surface area (Å²) in [4.78, 5) is 24.3. The van der Waals surface area contributed by atoms with Crippen LogP contribution in [0.5, 0.6) is 0 Å². The van der Waals surface area contributed by atoms with Gasteiger partial charge in [-0.15, -0.1) is 0 Å². The molecule has 24 heavy (non-hydrogen) atoms. The van der Waals surface area contributed by atoms with E-state index in [-0.39, 0.29) is 11.8 Å². The Morgan fingerprint density at radius 2 is 1.79 bits per heavy atom. The molecule has 0 aromatic heterocycles. The minimum absolute atomic E-state index is 0.111. The molecule has 3 rings (SSSR count). The molecule has 3 nitrogen and oxygen atoms in total. The lowest BCUT2D eigenvalue weighted by atomic mass is 9.83. The number of benzene rings is 2. The van der Waals surface area contributed by atoms with Crippen LogP contribution in [0.4, 0.5) is 0 Å². The van der Waals surface area contributed by atoms with E-state index < -0.39 is 0 Å². The number of hydrogen-bond acceptors (Lipinski definition) is 3. The second-order valence-corrected chi connectivity index (χ2v) is 6.22.